The van der Waals surface area contributed by atoms with Crippen molar-refractivity contribution in [3.63, 3.8) is 0 Å². The van der Waals surface area contributed by atoms with Gasteiger partial charge in [-0.05, 0) is 23.6 Å². The predicted octanol–water partition coefficient (Wildman–Crippen LogP) is 2.13. The van der Waals surface area contributed by atoms with Crippen molar-refractivity contribution in [2.75, 3.05) is 13.2 Å². The summed E-state index contributed by atoms with van der Waals surface area (Å²) in [6.45, 7) is 0.458. The van der Waals surface area contributed by atoms with E-state index in [1.807, 2.05) is 17.5 Å². The number of nitrogens with one attached hydrogen (secondary N) is 2. The Balaban J connectivity index is 1.62. The van der Waals surface area contributed by atoms with Gasteiger partial charge in [-0.2, -0.15) is 0 Å². The lowest BCUT2D eigenvalue weighted by Crippen LogP contribution is -2.40. The summed E-state index contributed by atoms with van der Waals surface area (Å²) in [5.41, 5.74) is 0. The van der Waals surface area contributed by atoms with Crippen LogP contribution in [0.5, 0.6) is 5.75 Å². The van der Waals surface area contributed by atoms with Crippen LogP contribution in [0.15, 0.2) is 41.8 Å². The van der Waals surface area contributed by atoms with Gasteiger partial charge in [0.25, 0.3) is 0 Å². The summed E-state index contributed by atoms with van der Waals surface area (Å²) >= 11 is 1.55. The number of amides is 2. The minimum Gasteiger partial charge on any atom is -0.491 e. The molecule has 1 atom stereocenters. The number of rotatable bonds is 7. The second kappa shape index (κ2) is 8.35. The zero-order chi connectivity index (χ0) is 15.8. The molecule has 0 saturated carbocycles. The monoisotopic (exact) mass is 324 g/mol. The van der Waals surface area contributed by atoms with Gasteiger partial charge in [0.05, 0.1) is 6.54 Å². The Morgan fingerprint density at radius 2 is 2.18 bits per heavy atom. The summed E-state index contributed by atoms with van der Waals surface area (Å²) in [5, 5.41) is 16.9. The Morgan fingerprint density at radius 3 is 2.91 bits per heavy atom. The molecule has 2 aromatic rings. The highest BCUT2D eigenvalue weighted by Gasteiger charge is 2.08. The van der Waals surface area contributed by atoms with E-state index in [9.17, 15) is 14.3 Å². The van der Waals surface area contributed by atoms with Crippen molar-refractivity contribution in [1.82, 2.24) is 10.6 Å². The van der Waals surface area contributed by atoms with Crippen molar-refractivity contribution in [2.24, 2.45) is 0 Å². The van der Waals surface area contributed by atoms with E-state index in [1.54, 1.807) is 17.4 Å². The molecule has 3 N–H and O–H groups in total. The number of carbonyl (C=O) groups is 1. The molecule has 0 spiro atoms. The van der Waals surface area contributed by atoms with Crippen LogP contribution in [0.25, 0.3) is 0 Å². The lowest BCUT2D eigenvalue weighted by atomic mass is 10.3. The van der Waals surface area contributed by atoms with Crippen LogP contribution in [0.3, 0.4) is 0 Å². The van der Waals surface area contributed by atoms with Crippen LogP contribution in [-0.2, 0) is 6.54 Å². The number of hydrogen-bond acceptors (Lipinski definition) is 4. The number of ether oxygens (including phenoxy) is 1. The first-order valence-electron chi connectivity index (χ1n) is 6.74. The molecule has 0 aliphatic heterocycles. The van der Waals surface area contributed by atoms with E-state index in [-0.39, 0.29) is 19.2 Å². The van der Waals surface area contributed by atoms with Crippen molar-refractivity contribution < 1.29 is 19.0 Å². The van der Waals surface area contributed by atoms with Crippen LogP contribution in [0.2, 0.25) is 0 Å². The molecule has 1 heterocycles. The van der Waals surface area contributed by atoms with Gasteiger partial charge in [-0.15, -0.1) is 11.3 Å². The minimum atomic E-state index is -0.879. The number of halogens is 1. The van der Waals surface area contributed by atoms with E-state index in [4.69, 9.17) is 4.74 Å². The molecule has 2 amide bonds. The SMILES string of the molecule is O=C(NCc1cccs1)NC[C@H](O)COc1cccc(F)c1. The van der Waals surface area contributed by atoms with E-state index in [0.29, 0.717) is 12.3 Å². The topological polar surface area (TPSA) is 70.6 Å². The minimum absolute atomic E-state index is 0.0331. The Hall–Kier alpha value is -2.12. The number of benzene rings is 1. The van der Waals surface area contributed by atoms with Crippen molar-refractivity contribution >= 4 is 17.4 Å². The molecule has 118 valence electrons. The summed E-state index contributed by atoms with van der Waals surface area (Å²) in [6, 6.07) is 9.12. The standard InChI is InChI=1S/C15H17FN2O3S/c16-11-3-1-4-13(7-11)21-10-12(19)8-17-15(20)18-9-14-5-2-6-22-14/h1-7,12,19H,8-10H2,(H2,17,18,20)/t12-/m0/s1. The van der Waals surface area contributed by atoms with Crippen molar-refractivity contribution in [1.29, 1.82) is 0 Å². The summed E-state index contributed by atoms with van der Waals surface area (Å²) in [5.74, 6) is -0.0701. The zero-order valence-electron chi connectivity index (χ0n) is 11.8. The number of carbonyl (C=O) groups excluding carboxylic acids is 1. The molecular formula is C15H17FN2O3S. The fourth-order valence-corrected chi connectivity index (χ4v) is 2.31. The third-order valence-electron chi connectivity index (χ3n) is 2.74. The summed E-state index contributed by atoms with van der Waals surface area (Å²) in [7, 11) is 0. The van der Waals surface area contributed by atoms with Crippen LogP contribution >= 0.6 is 11.3 Å². The Morgan fingerprint density at radius 1 is 1.32 bits per heavy atom. The third kappa shape index (κ3) is 5.71. The molecule has 0 unspecified atom stereocenters. The highest BCUT2D eigenvalue weighted by molar-refractivity contribution is 7.09. The maximum atomic E-state index is 12.9. The smallest absolute Gasteiger partial charge is 0.315 e. The van der Waals surface area contributed by atoms with Gasteiger partial charge in [0, 0.05) is 17.5 Å². The molecule has 0 aliphatic carbocycles. The van der Waals surface area contributed by atoms with Gasteiger partial charge in [-0.25, -0.2) is 9.18 Å². The molecule has 7 heteroatoms. The highest BCUT2D eigenvalue weighted by atomic mass is 32.1. The fraction of sp³-hybridized carbons (Fsp3) is 0.267. The Bertz CT molecular complexity index is 592. The molecule has 0 aliphatic rings. The van der Waals surface area contributed by atoms with Crippen LogP contribution in [0.1, 0.15) is 4.88 Å². The Kier molecular flexibility index (Phi) is 6.17. The van der Waals surface area contributed by atoms with Gasteiger partial charge < -0.3 is 20.5 Å². The summed E-state index contributed by atoms with van der Waals surface area (Å²) < 4.78 is 18.2. The molecule has 0 radical (unpaired) electrons. The van der Waals surface area contributed by atoms with E-state index in [0.717, 1.165) is 4.88 Å². The molecule has 1 aromatic carbocycles. The molecule has 0 fully saturated rings. The maximum Gasteiger partial charge on any atom is 0.315 e. The van der Waals surface area contributed by atoms with Gasteiger partial charge in [0.1, 0.15) is 24.3 Å². The van der Waals surface area contributed by atoms with Crippen LogP contribution in [0, 0.1) is 5.82 Å². The first-order valence-corrected chi connectivity index (χ1v) is 7.62. The van der Waals surface area contributed by atoms with E-state index in [2.05, 4.69) is 10.6 Å². The maximum absolute atomic E-state index is 12.9. The van der Waals surface area contributed by atoms with Crippen molar-refractivity contribution in [3.8, 4) is 5.75 Å². The van der Waals surface area contributed by atoms with Crippen LogP contribution in [-0.4, -0.2) is 30.4 Å². The second-order valence-corrected chi connectivity index (χ2v) is 5.60. The van der Waals surface area contributed by atoms with E-state index in [1.165, 1.54) is 18.2 Å². The van der Waals surface area contributed by atoms with Gasteiger partial charge in [0.15, 0.2) is 0 Å². The largest absolute Gasteiger partial charge is 0.491 e. The average Bonchev–Trinajstić information content (AvgIpc) is 3.02. The molecule has 1 aromatic heterocycles. The molecule has 0 bridgehead atoms. The molecule has 2 rings (SSSR count). The number of aliphatic hydroxyl groups is 1. The normalized spacial score (nSPS) is 11.7. The quantitative estimate of drug-likeness (QED) is 0.731. The average molecular weight is 324 g/mol. The van der Waals surface area contributed by atoms with Crippen LogP contribution < -0.4 is 15.4 Å². The van der Waals surface area contributed by atoms with E-state index >= 15 is 0 Å². The summed E-state index contributed by atoms with van der Waals surface area (Å²) in [6.07, 6.45) is -0.879. The van der Waals surface area contributed by atoms with Crippen LogP contribution in [0.4, 0.5) is 9.18 Å². The van der Waals surface area contributed by atoms with Crippen molar-refractivity contribution in [3.05, 3.63) is 52.5 Å². The van der Waals surface area contributed by atoms with E-state index < -0.39 is 11.9 Å². The van der Waals surface area contributed by atoms with Gasteiger partial charge >= 0.3 is 6.03 Å². The molecule has 22 heavy (non-hydrogen) atoms. The Labute approximate surface area is 131 Å². The van der Waals surface area contributed by atoms with Gasteiger partial charge in [-0.3, -0.25) is 0 Å². The predicted molar refractivity (Wildman–Crippen MR) is 82.5 cm³/mol. The molecular weight excluding hydrogens is 307 g/mol. The first kappa shape index (κ1) is 16.3. The first-order chi connectivity index (χ1) is 10.6. The number of thiophene rings is 1. The lowest BCUT2D eigenvalue weighted by Gasteiger charge is -2.13. The summed E-state index contributed by atoms with van der Waals surface area (Å²) in [4.78, 5) is 12.6. The van der Waals surface area contributed by atoms with Gasteiger partial charge in [-0.1, -0.05) is 12.1 Å². The van der Waals surface area contributed by atoms with Crippen molar-refractivity contribution in [2.45, 2.75) is 12.6 Å². The second-order valence-electron chi connectivity index (χ2n) is 4.57. The number of hydrogen-bond donors (Lipinski definition) is 3. The van der Waals surface area contributed by atoms with Gasteiger partial charge in [0.2, 0.25) is 0 Å². The number of urea groups is 1. The fourth-order valence-electron chi connectivity index (χ4n) is 1.66. The third-order valence-corrected chi connectivity index (χ3v) is 3.62. The lowest BCUT2D eigenvalue weighted by molar-refractivity contribution is 0.107. The molecule has 5 nitrogen and oxygen atoms in total. The molecule has 0 saturated heterocycles. The highest BCUT2D eigenvalue weighted by Crippen LogP contribution is 2.12. The number of aliphatic hydroxyl groups excluding tert-OH is 1. The zero-order valence-corrected chi connectivity index (χ0v) is 12.6.